The first kappa shape index (κ1) is 15.9. The Kier molecular flexibility index (Phi) is 3.85. The molecule has 0 amide bonds. The number of nitrogens with zero attached hydrogens (tertiary/aromatic N) is 1. The molecule has 0 radical (unpaired) electrons. The van der Waals surface area contributed by atoms with E-state index in [1.165, 1.54) is 5.56 Å². The minimum Gasteiger partial charge on any atom is -0.486 e. The molecule has 4 rings (SSSR count). The molecule has 0 saturated carbocycles. The van der Waals surface area contributed by atoms with Gasteiger partial charge in [-0.1, -0.05) is 36.4 Å². The lowest BCUT2D eigenvalue weighted by Crippen LogP contribution is -2.40. The van der Waals surface area contributed by atoms with Gasteiger partial charge in [0.15, 0.2) is 0 Å². The van der Waals surface area contributed by atoms with E-state index in [1.54, 1.807) is 0 Å². The van der Waals surface area contributed by atoms with E-state index in [1.807, 2.05) is 42.5 Å². The molecular weight excluding hydrogens is 312 g/mol. The Bertz CT molecular complexity index is 975. The van der Waals surface area contributed by atoms with Gasteiger partial charge in [0.05, 0.1) is 0 Å². The van der Waals surface area contributed by atoms with Crippen molar-refractivity contribution < 1.29 is 4.74 Å². The molecule has 0 aliphatic carbocycles. The quantitative estimate of drug-likeness (QED) is 0.777. The summed E-state index contributed by atoms with van der Waals surface area (Å²) in [6.45, 7) is 6.47. The fraction of sp³-hybridized carbons (Fsp3) is 0.286. The summed E-state index contributed by atoms with van der Waals surface area (Å²) in [4.78, 5) is 17.7. The van der Waals surface area contributed by atoms with E-state index in [0.29, 0.717) is 6.54 Å². The number of hydrogen-bond donors (Lipinski definition) is 1. The van der Waals surface area contributed by atoms with Crippen LogP contribution in [0.3, 0.4) is 0 Å². The standard InChI is InChI=1S/C21H22N2O2/c1-21(2)14-23(12-16-8-4-6-10-19(16)25-21)13-17-11-15-7-3-5-9-18(15)20(24)22-17/h3-11H,12-14H2,1-2H3,(H,22,24). The Morgan fingerprint density at radius 2 is 1.88 bits per heavy atom. The number of aromatic amines is 1. The van der Waals surface area contributed by atoms with Crippen molar-refractivity contribution in [3.05, 3.63) is 76.2 Å². The first-order valence-electron chi connectivity index (χ1n) is 8.60. The Hall–Kier alpha value is -2.59. The summed E-state index contributed by atoms with van der Waals surface area (Å²) in [5.41, 5.74) is 1.79. The first-order valence-corrected chi connectivity index (χ1v) is 8.60. The van der Waals surface area contributed by atoms with E-state index >= 15 is 0 Å². The van der Waals surface area contributed by atoms with Crippen molar-refractivity contribution >= 4 is 10.8 Å². The van der Waals surface area contributed by atoms with Crippen molar-refractivity contribution in [1.29, 1.82) is 0 Å². The van der Waals surface area contributed by atoms with Gasteiger partial charge < -0.3 is 9.72 Å². The van der Waals surface area contributed by atoms with Crippen LogP contribution in [-0.4, -0.2) is 22.0 Å². The van der Waals surface area contributed by atoms with Crippen molar-refractivity contribution in [2.45, 2.75) is 32.5 Å². The average Bonchev–Trinajstić information content (AvgIpc) is 2.68. The Morgan fingerprint density at radius 1 is 1.12 bits per heavy atom. The fourth-order valence-electron chi connectivity index (χ4n) is 3.60. The third kappa shape index (κ3) is 3.30. The van der Waals surface area contributed by atoms with Crippen LogP contribution in [0.25, 0.3) is 10.8 Å². The lowest BCUT2D eigenvalue weighted by molar-refractivity contribution is 0.0678. The zero-order valence-electron chi connectivity index (χ0n) is 14.6. The summed E-state index contributed by atoms with van der Waals surface area (Å²) in [7, 11) is 0. The molecule has 128 valence electrons. The second-order valence-corrected chi connectivity index (χ2v) is 7.33. The maximum Gasteiger partial charge on any atom is 0.256 e. The van der Waals surface area contributed by atoms with Crippen LogP contribution in [0.1, 0.15) is 25.1 Å². The predicted octanol–water partition coefficient (Wildman–Crippen LogP) is 3.70. The number of aromatic nitrogens is 1. The number of nitrogens with one attached hydrogen (secondary N) is 1. The number of pyridine rings is 1. The molecule has 3 aromatic rings. The maximum absolute atomic E-state index is 12.3. The summed E-state index contributed by atoms with van der Waals surface area (Å²) in [5.74, 6) is 0.946. The SMILES string of the molecule is CC1(C)CN(Cc2cc3ccccc3c(=O)[nH]2)Cc2ccccc2O1. The van der Waals surface area contributed by atoms with Gasteiger partial charge >= 0.3 is 0 Å². The normalized spacial score (nSPS) is 16.9. The fourth-order valence-corrected chi connectivity index (χ4v) is 3.60. The van der Waals surface area contributed by atoms with Crippen LogP contribution in [0.5, 0.6) is 5.75 Å². The van der Waals surface area contributed by atoms with Crippen molar-refractivity contribution in [3.8, 4) is 5.75 Å². The second kappa shape index (κ2) is 6.05. The summed E-state index contributed by atoms with van der Waals surface area (Å²) < 4.78 is 6.19. The van der Waals surface area contributed by atoms with Gasteiger partial charge in [-0.15, -0.1) is 0 Å². The van der Waals surface area contributed by atoms with E-state index in [0.717, 1.165) is 35.3 Å². The molecule has 4 nitrogen and oxygen atoms in total. The summed E-state index contributed by atoms with van der Waals surface area (Å²) in [5, 5.41) is 1.71. The Labute approximate surface area is 147 Å². The number of ether oxygens (including phenoxy) is 1. The van der Waals surface area contributed by atoms with E-state index in [4.69, 9.17) is 4.74 Å². The number of fused-ring (bicyclic) bond motifs is 2. The lowest BCUT2D eigenvalue weighted by atomic mass is 10.1. The van der Waals surface area contributed by atoms with Crippen LogP contribution in [0.15, 0.2) is 59.4 Å². The zero-order valence-corrected chi connectivity index (χ0v) is 14.6. The number of rotatable bonds is 2. The molecule has 4 heteroatoms. The molecule has 0 spiro atoms. The number of para-hydroxylation sites is 1. The molecule has 1 aliphatic rings. The Morgan fingerprint density at radius 3 is 2.76 bits per heavy atom. The monoisotopic (exact) mass is 334 g/mol. The highest BCUT2D eigenvalue weighted by Gasteiger charge is 2.29. The molecule has 1 aromatic heterocycles. The van der Waals surface area contributed by atoms with Gasteiger partial charge in [-0.25, -0.2) is 0 Å². The first-order chi connectivity index (χ1) is 12.0. The van der Waals surface area contributed by atoms with Gasteiger partial charge in [0.2, 0.25) is 0 Å². The number of hydrogen-bond acceptors (Lipinski definition) is 3. The smallest absolute Gasteiger partial charge is 0.256 e. The minimum absolute atomic E-state index is 0.0289. The van der Waals surface area contributed by atoms with E-state index < -0.39 is 0 Å². The van der Waals surface area contributed by atoms with Crippen molar-refractivity contribution in [1.82, 2.24) is 9.88 Å². The summed E-state index contributed by atoms with van der Waals surface area (Å²) in [6.07, 6.45) is 0. The number of H-pyrrole nitrogens is 1. The molecule has 1 N–H and O–H groups in total. The lowest BCUT2D eigenvalue weighted by Gasteiger charge is -2.29. The predicted molar refractivity (Wildman–Crippen MR) is 99.8 cm³/mol. The van der Waals surface area contributed by atoms with Gasteiger partial charge in [-0.2, -0.15) is 0 Å². The second-order valence-electron chi connectivity index (χ2n) is 7.33. The van der Waals surface area contributed by atoms with Crippen LogP contribution < -0.4 is 10.3 Å². The zero-order chi connectivity index (χ0) is 17.4. The molecular formula is C21H22N2O2. The van der Waals surface area contributed by atoms with Gasteiger partial charge in [0.1, 0.15) is 11.4 Å². The largest absolute Gasteiger partial charge is 0.486 e. The van der Waals surface area contributed by atoms with Gasteiger partial charge in [-0.05, 0) is 37.4 Å². The van der Waals surface area contributed by atoms with Gasteiger partial charge in [-0.3, -0.25) is 9.69 Å². The molecule has 25 heavy (non-hydrogen) atoms. The third-order valence-electron chi connectivity index (χ3n) is 4.56. The van der Waals surface area contributed by atoms with Gasteiger partial charge in [0.25, 0.3) is 5.56 Å². The molecule has 0 fully saturated rings. The topological polar surface area (TPSA) is 45.3 Å². The van der Waals surface area contributed by atoms with E-state index in [9.17, 15) is 4.79 Å². The molecule has 0 saturated heterocycles. The molecule has 1 aliphatic heterocycles. The maximum atomic E-state index is 12.3. The van der Waals surface area contributed by atoms with Crippen LogP contribution in [0, 0.1) is 0 Å². The third-order valence-corrected chi connectivity index (χ3v) is 4.56. The summed E-state index contributed by atoms with van der Waals surface area (Å²) >= 11 is 0. The van der Waals surface area contributed by atoms with E-state index in [-0.39, 0.29) is 11.2 Å². The molecule has 2 heterocycles. The molecule has 0 unspecified atom stereocenters. The highest BCUT2D eigenvalue weighted by molar-refractivity contribution is 5.81. The highest BCUT2D eigenvalue weighted by Crippen LogP contribution is 2.29. The Balaban J connectivity index is 1.67. The van der Waals surface area contributed by atoms with Crippen molar-refractivity contribution in [2.75, 3.05) is 6.54 Å². The van der Waals surface area contributed by atoms with E-state index in [2.05, 4.69) is 35.9 Å². The van der Waals surface area contributed by atoms with Crippen molar-refractivity contribution in [2.24, 2.45) is 0 Å². The molecule has 2 aromatic carbocycles. The van der Waals surface area contributed by atoms with Crippen LogP contribution in [0.2, 0.25) is 0 Å². The van der Waals surface area contributed by atoms with Crippen LogP contribution in [-0.2, 0) is 13.1 Å². The molecule has 0 atom stereocenters. The summed E-state index contributed by atoms with van der Waals surface area (Å²) in [6, 6.07) is 17.9. The number of benzene rings is 2. The minimum atomic E-state index is -0.288. The molecule has 0 bridgehead atoms. The highest BCUT2D eigenvalue weighted by atomic mass is 16.5. The van der Waals surface area contributed by atoms with Crippen LogP contribution in [0.4, 0.5) is 0 Å². The average molecular weight is 334 g/mol. The van der Waals surface area contributed by atoms with Crippen molar-refractivity contribution in [3.63, 3.8) is 0 Å². The van der Waals surface area contributed by atoms with Crippen LogP contribution >= 0.6 is 0 Å². The van der Waals surface area contributed by atoms with Gasteiger partial charge in [0, 0.05) is 36.3 Å².